The van der Waals surface area contributed by atoms with Gasteiger partial charge in [0, 0.05) is 10.5 Å². The molecule has 5 heteroatoms. The summed E-state index contributed by atoms with van der Waals surface area (Å²) in [5.41, 5.74) is 9.05. The molecule has 0 amide bonds. The zero-order valence-corrected chi connectivity index (χ0v) is 6.75. The molecule has 5 nitrogen and oxygen atoms in total. The molecule has 1 aliphatic heterocycles. The molecule has 0 radical (unpaired) electrons. The number of hydrogen-bond donors (Lipinski definition) is 0. The average molecular weight is 177 g/mol. The van der Waals surface area contributed by atoms with Gasteiger partial charge in [-0.2, -0.15) is 0 Å². The Morgan fingerprint density at radius 2 is 2.31 bits per heavy atom. The fourth-order valence-electron chi connectivity index (χ4n) is 1.21. The number of nitrogens with zero attached hydrogens (tertiary/aromatic N) is 3. The van der Waals surface area contributed by atoms with Crippen LogP contribution in [0.3, 0.4) is 0 Å². The highest BCUT2D eigenvalue weighted by molar-refractivity contribution is 5.35. The van der Waals surface area contributed by atoms with Crippen LogP contribution in [0.2, 0.25) is 0 Å². The van der Waals surface area contributed by atoms with E-state index in [2.05, 4.69) is 10.0 Å². The van der Waals surface area contributed by atoms with Gasteiger partial charge in [0.1, 0.15) is 5.75 Å². The van der Waals surface area contributed by atoms with Gasteiger partial charge in [0.05, 0.1) is 0 Å². The van der Waals surface area contributed by atoms with E-state index in [-0.39, 0.29) is 6.79 Å². The minimum atomic E-state index is -0.560. The van der Waals surface area contributed by atoms with Gasteiger partial charge < -0.3 is 9.47 Å². The van der Waals surface area contributed by atoms with E-state index in [4.69, 9.17) is 15.0 Å². The van der Waals surface area contributed by atoms with Gasteiger partial charge in [0.25, 0.3) is 0 Å². The van der Waals surface area contributed by atoms with E-state index in [9.17, 15) is 0 Å². The Morgan fingerprint density at radius 1 is 1.46 bits per heavy atom. The van der Waals surface area contributed by atoms with Crippen molar-refractivity contribution in [2.45, 2.75) is 6.23 Å². The molecular weight excluding hydrogens is 170 g/mol. The highest BCUT2D eigenvalue weighted by atomic mass is 16.7. The maximum Gasteiger partial charge on any atom is 0.189 e. The van der Waals surface area contributed by atoms with Gasteiger partial charge in [0.2, 0.25) is 0 Å². The number of benzene rings is 1. The van der Waals surface area contributed by atoms with Gasteiger partial charge in [-0.1, -0.05) is 23.3 Å². The van der Waals surface area contributed by atoms with Crippen LogP contribution in [-0.2, 0) is 4.74 Å². The average Bonchev–Trinajstić information content (AvgIpc) is 2.19. The van der Waals surface area contributed by atoms with Crippen molar-refractivity contribution >= 4 is 0 Å². The second kappa shape index (κ2) is 3.35. The van der Waals surface area contributed by atoms with Crippen molar-refractivity contribution in [2.75, 3.05) is 6.79 Å². The SMILES string of the molecule is [N-]=[N+]=NC1OCOc2ccccc21. The first-order valence-electron chi connectivity index (χ1n) is 3.79. The lowest BCUT2D eigenvalue weighted by Crippen LogP contribution is -2.15. The van der Waals surface area contributed by atoms with Gasteiger partial charge in [-0.15, -0.1) is 0 Å². The van der Waals surface area contributed by atoms with Crippen molar-refractivity contribution in [3.8, 4) is 5.75 Å². The van der Waals surface area contributed by atoms with Gasteiger partial charge in [0.15, 0.2) is 13.0 Å². The second-order valence-electron chi connectivity index (χ2n) is 2.52. The Bertz CT molecular complexity index is 360. The topological polar surface area (TPSA) is 67.2 Å². The number of ether oxygens (including phenoxy) is 2. The van der Waals surface area contributed by atoms with E-state index in [1.54, 1.807) is 0 Å². The molecule has 1 aromatic carbocycles. The van der Waals surface area contributed by atoms with E-state index >= 15 is 0 Å². The Balaban J connectivity index is 2.42. The predicted molar refractivity (Wildman–Crippen MR) is 44.9 cm³/mol. The first-order chi connectivity index (χ1) is 6.42. The van der Waals surface area contributed by atoms with Crippen molar-refractivity contribution in [1.29, 1.82) is 0 Å². The van der Waals surface area contributed by atoms with E-state index in [1.807, 2.05) is 24.3 Å². The largest absolute Gasteiger partial charge is 0.467 e. The molecule has 0 bridgehead atoms. The summed E-state index contributed by atoms with van der Waals surface area (Å²) < 4.78 is 10.3. The van der Waals surface area contributed by atoms with Crippen molar-refractivity contribution in [1.82, 2.24) is 0 Å². The third kappa shape index (κ3) is 1.42. The molecule has 1 unspecified atom stereocenters. The molecule has 13 heavy (non-hydrogen) atoms. The summed E-state index contributed by atoms with van der Waals surface area (Å²) >= 11 is 0. The Labute approximate surface area is 74.5 Å². The highest BCUT2D eigenvalue weighted by Crippen LogP contribution is 2.32. The number of rotatable bonds is 1. The van der Waals surface area contributed by atoms with E-state index < -0.39 is 6.23 Å². The fourth-order valence-corrected chi connectivity index (χ4v) is 1.21. The minimum Gasteiger partial charge on any atom is -0.467 e. The second-order valence-corrected chi connectivity index (χ2v) is 2.52. The summed E-state index contributed by atoms with van der Waals surface area (Å²) in [5.74, 6) is 0.714. The van der Waals surface area contributed by atoms with Crippen LogP contribution in [0.15, 0.2) is 29.4 Å². The summed E-state index contributed by atoms with van der Waals surface area (Å²) in [4.78, 5) is 2.70. The van der Waals surface area contributed by atoms with E-state index in [1.165, 1.54) is 0 Å². The van der Waals surface area contributed by atoms with Crippen LogP contribution in [0.1, 0.15) is 11.8 Å². The van der Waals surface area contributed by atoms with Gasteiger partial charge in [-0.3, -0.25) is 0 Å². The number of azide groups is 1. The first kappa shape index (κ1) is 7.91. The number of fused-ring (bicyclic) bond motifs is 1. The van der Waals surface area contributed by atoms with Crippen molar-refractivity contribution in [3.63, 3.8) is 0 Å². The minimum absolute atomic E-state index is 0.126. The van der Waals surface area contributed by atoms with Crippen molar-refractivity contribution < 1.29 is 9.47 Å². The lowest BCUT2D eigenvalue weighted by molar-refractivity contribution is -0.0563. The normalized spacial score (nSPS) is 19.5. The molecule has 0 aliphatic carbocycles. The van der Waals surface area contributed by atoms with Crippen LogP contribution < -0.4 is 4.74 Å². The summed E-state index contributed by atoms with van der Waals surface area (Å²) in [5, 5.41) is 3.50. The molecule has 1 atom stereocenters. The Morgan fingerprint density at radius 3 is 3.15 bits per heavy atom. The molecule has 0 saturated carbocycles. The van der Waals surface area contributed by atoms with Crippen LogP contribution in [0.5, 0.6) is 5.75 Å². The van der Waals surface area contributed by atoms with Gasteiger partial charge in [-0.25, -0.2) is 0 Å². The maximum atomic E-state index is 8.28. The summed E-state index contributed by atoms with van der Waals surface area (Å²) in [7, 11) is 0. The number of para-hydroxylation sites is 1. The molecule has 0 saturated heterocycles. The highest BCUT2D eigenvalue weighted by Gasteiger charge is 2.19. The van der Waals surface area contributed by atoms with Crippen LogP contribution in [-0.4, -0.2) is 6.79 Å². The quantitative estimate of drug-likeness (QED) is 0.375. The van der Waals surface area contributed by atoms with Crippen molar-refractivity contribution in [2.24, 2.45) is 5.11 Å². The van der Waals surface area contributed by atoms with Gasteiger partial charge >= 0.3 is 0 Å². The lowest BCUT2D eigenvalue weighted by atomic mass is 10.1. The summed E-state index contributed by atoms with van der Waals surface area (Å²) in [6, 6.07) is 7.33. The zero-order valence-electron chi connectivity index (χ0n) is 6.75. The van der Waals surface area contributed by atoms with E-state index in [0.29, 0.717) is 5.75 Å². The third-order valence-electron chi connectivity index (χ3n) is 1.78. The zero-order chi connectivity index (χ0) is 9.10. The smallest absolute Gasteiger partial charge is 0.189 e. The molecule has 1 heterocycles. The molecule has 0 fully saturated rings. The molecular formula is C8H7N3O2. The van der Waals surface area contributed by atoms with Crippen LogP contribution in [0.25, 0.3) is 10.4 Å². The summed E-state index contributed by atoms with van der Waals surface area (Å²) in [6.45, 7) is 0.126. The molecule has 66 valence electrons. The maximum absolute atomic E-state index is 8.28. The van der Waals surface area contributed by atoms with Crippen LogP contribution >= 0.6 is 0 Å². The monoisotopic (exact) mass is 177 g/mol. The lowest BCUT2D eigenvalue weighted by Gasteiger charge is -2.22. The summed E-state index contributed by atoms with van der Waals surface area (Å²) in [6.07, 6.45) is -0.560. The molecule has 0 aromatic heterocycles. The standard InChI is InChI=1S/C8H7N3O2/c9-11-10-8-6-3-1-2-4-7(6)12-5-13-8/h1-4,8H,5H2. The van der Waals surface area contributed by atoms with E-state index in [0.717, 1.165) is 5.56 Å². The molecule has 0 N–H and O–H groups in total. The third-order valence-corrected chi connectivity index (χ3v) is 1.78. The predicted octanol–water partition coefficient (Wildman–Crippen LogP) is 2.36. The molecule has 1 aromatic rings. The van der Waals surface area contributed by atoms with Crippen LogP contribution in [0.4, 0.5) is 0 Å². The first-order valence-corrected chi connectivity index (χ1v) is 3.79. The fraction of sp³-hybridized carbons (Fsp3) is 0.250. The van der Waals surface area contributed by atoms with Crippen LogP contribution in [0, 0.1) is 0 Å². The molecule has 2 rings (SSSR count). The van der Waals surface area contributed by atoms with Gasteiger partial charge in [-0.05, 0) is 11.6 Å². The molecule has 0 spiro atoms. The number of hydrogen-bond acceptors (Lipinski definition) is 3. The Kier molecular flexibility index (Phi) is 2.04. The van der Waals surface area contributed by atoms with Crippen molar-refractivity contribution in [3.05, 3.63) is 40.3 Å². The Hall–Kier alpha value is -1.71. The molecule has 1 aliphatic rings.